The normalized spacial score (nSPS) is 8.78. The molecule has 0 amide bonds. The molecule has 0 aliphatic carbocycles. The van der Waals surface area contributed by atoms with E-state index in [1.165, 1.54) is 0 Å². The van der Waals surface area contributed by atoms with E-state index < -0.39 is 0 Å². The van der Waals surface area contributed by atoms with Crippen molar-refractivity contribution >= 4 is 58.4 Å². The molecule has 4 heteroatoms. The topological polar surface area (TPSA) is 3.24 Å². The van der Waals surface area contributed by atoms with Crippen molar-refractivity contribution in [3.8, 4) is 0 Å². The van der Waals surface area contributed by atoms with Crippen LogP contribution in [0.1, 0.15) is 13.8 Å². The van der Waals surface area contributed by atoms with Gasteiger partial charge < -0.3 is 0 Å². The van der Waals surface area contributed by atoms with Gasteiger partial charge in [-0.05, 0) is 11.9 Å². The minimum atomic E-state index is 0. The SMILES string of the molecule is CCN(CC)SC=S.[NaH]. The zero-order valence-corrected chi connectivity index (χ0v) is 6.89. The molecular formula is C5H12NNaS2. The Labute approximate surface area is 89.0 Å². The number of hydrogen-bond acceptors (Lipinski definition) is 3. The summed E-state index contributed by atoms with van der Waals surface area (Å²) in [5.74, 6) is 0. The van der Waals surface area contributed by atoms with Crippen LogP contribution < -0.4 is 0 Å². The molecule has 0 saturated heterocycles. The molecule has 0 spiro atoms. The standard InChI is InChI=1S/C5H11NS2.Na.H/c1-3-6(4-2)8-5-7;;/h5H,3-4H2,1-2H3;;. The summed E-state index contributed by atoms with van der Waals surface area (Å²) in [5, 5.41) is 0. The van der Waals surface area contributed by atoms with E-state index in [1.54, 1.807) is 16.6 Å². The minimum absolute atomic E-state index is 0. The van der Waals surface area contributed by atoms with E-state index in [0.29, 0.717) is 0 Å². The van der Waals surface area contributed by atoms with E-state index in [1.807, 2.05) is 0 Å². The van der Waals surface area contributed by atoms with E-state index in [4.69, 9.17) is 0 Å². The second-order valence-corrected chi connectivity index (χ2v) is 2.81. The summed E-state index contributed by atoms with van der Waals surface area (Å²) >= 11 is 6.26. The Balaban J connectivity index is 0. The second-order valence-electron chi connectivity index (χ2n) is 1.32. The number of hydrogen-bond donors (Lipinski definition) is 0. The van der Waals surface area contributed by atoms with E-state index in [-0.39, 0.29) is 29.6 Å². The molecule has 0 heterocycles. The summed E-state index contributed by atoms with van der Waals surface area (Å²) in [5.41, 5.74) is 0. The van der Waals surface area contributed by atoms with Crippen molar-refractivity contribution in [3.63, 3.8) is 0 Å². The Bertz CT molecular complexity index is 66.0. The van der Waals surface area contributed by atoms with Crippen LogP contribution in [0.5, 0.6) is 0 Å². The van der Waals surface area contributed by atoms with Gasteiger partial charge in [0.05, 0.1) is 0 Å². The fourth-order valence-electron chi connectivity index (χ4n) is 0.434. The van der Waals surface area contributed by atoms with Crippen LogP contribution in [0, 0.1) is 0 Å². The van der Waals surface area contributed by atoms with Crippen LogP contribution in [-0.4, -0.2) is 51.7 Å². The molecule has 0 aromatic heterocycles. The van der Waals surface area contributed by atoms with Gasteiger partial charge in [-0.1, -0.05) is 26.1 Å². The molecule has 0 saturated carbocycles. The molecular weight excluding hydrogens is 161 g/mol. The van der Waals surface area contributed by atoms with E-state index in [2.05, 4.69) is 30.4 Å². The van der Waals surface area contributed by atoms with Gasteiger partial charge in [0.2, 0.25) is 0 Å². The van der Waals surface area contributed by atoms with Gasteiger partial charge in [0, 0.05) is 17.8 Å². The van der Waals surface area contributed by atoms with Gasteiger partial charge in [0.25, 0.3) is 0 Å². The Kier molecular flexibility index (Phi) is 13.6. The first-order chi connectivity index (χ1) is 3.85. The van der Waals surface area contributed by atoms with Gasteiger partial charge in [-0.15, -0.1) is 0 Å². The average molecular weight is 173 g/mol. The fraction of sp³-hybridized carbons (Fsp3) is 0.800. The first-order valence-corrected chi connectivity index (χ1v) is 4.01. The molecule has 50 valence electrons. The maximum atomic E-state index is 4.66. The molecule has 0 atom stereocenters. The number of nitrogens with zero attached hydrogens (tertiary/aromatic N) is 1. The van der Waals surface area contributed by atoms with Crippen LogP contribution in [0.3, 0.4) is 0 Å². The maximum absolute atomic E-state index is 4.66. The molecule has 0 N–H and O–H groups in total. The van der Waals surface area contributed by atoms with Crippen molar-refractivity contribution < 1.29 is 0 Å². The molecule has 0 aromatic carbocycles. The molecule has 0 bridgehead atoms. The third-order valence-corrected chi connectivity index (χ3v) is 2.06. The van der Waals surface area contributed by atoms with Gasteiger partial charge in [-0.2, -0.15) is 0 Å². The molecule has 9 heavy (non-hydrogen) atoms. The van der Waals surface area contributed by atoms with Crippen molar-refractivity contribution in [1.29, 1.82) is 0 Å². The van der Waals surface area contributed by atoms with Crippen LogP contribution >= 0.6 is 24.2 Å². The third-order valence-electron chi connectivity index (χ3n) is 0.898. The fourth-order valence-corrected chi connectivity index (χ4v) is 1.22. The third kappa shape index (κ3) is 7.30. The van der Waals surface area contributed by atoms with Crippen molar-refractivity contribution in [2.75, 3.05) is 13.1 Å². The Morgan fingerprint density at radius 2 is 1.89 bits per heavy atom. The quantitative estimate of drug-likeness (QED) is 0.358. The van der Waals surface area contributed by atoms with Gasteiger partial charge >= 0.3 is 29.6 Å². The number of rotatable bonds is 4. The van der Waals surface area contributed by atoms with Crippen molar-refractivity contribution in [3.05, 3.63) is 0 Å². The summed E-state index contributed by atoms with van der Waals surface area (Å²) in [6.45, 7) is 6.37. The molecule has 0 aliphatic heterocycles. The summed E-state index contributed by atoms with van der Waals surface area (Å²) in [6.07, 6.45) is 0. The van der Waals surface area contributed by atoms with Gasteiger partial charge in [0.1, 0.15) is 0 Å². The average Bonchev–Trinajstić information content (AvgIpc) is 1.83. The van der Waals surface area contributed by atoms with E-state index in [9.17, 15) is 0 Å². The summed E-state index contributed by atoms with van der Waals surface area (Å²) in [6, 6.07) is 0. The van der Waals surface area contributed by atoms with E-state index >= 15 is 0 Å². The second kappa shape index (κ2) is 9.40. The zero-order chi connectivity index (χ0) is 6.41. The molecule has 1 nitrogen and oxygen atoms in total. The first kappa shape index (κ1) is 13.0. The Morgan fingerprint density at radius 3 is 2.00 bits per heavy atom. The first-order valence-electron chi connectivity index (χ1n) is 2.70. The summed E-state index contributed by atoms with van der Waals surface area (Å²) < 4.78 is 3.88. The van der Waals surface area contributed by atoms with E-state index in [0.717, 1.165) is 13.1 Å². The zero-order valence-electron chi connectivity index (χ0n) is 5.26. The van der Waals surface area contributed by atoms with Crippen molar-refractivity contribution in [2.24, 2.45) is 0 Å². The van der Waals surface area contributed by atoms with Gasteiger partial charge in [-0.3, -0.25) is 0 Å². The van der Waals surface area contributed by atoms with Crippen LogP contribution in [0.2, 0.25) is 0 Å². The van der Waals surface area contributed by atoms with Crippen LogP contribution in [0.15, 0.2) is 0 Å². The van der Waals surface area contributed by atoms with Gasteiger partial charge in [0.15, 0.2) is 0 Å². The predicted molar refractivity (Wildman–Crippen MR) is 51.3 cm³/mol. The van der Waals surface area contributed by atoms with Gasteiger partial charge in [-0.25, -0.2) is 4.31 Å². The molecule has 0 aromatic rings. The molecule has 0 radical (unpaired) electrons. The summed E-state index contributed by atoms with van der Waals surface area (Å²) in [4.78, 5) is 0. The molecule has 0 rings (SSSR count). The van der Waals surface area contributed by atoms with Crippen molar-refractivity contribution in [1.82, 2.24) is 4.31 Å². The monoisotopic (exact) mass is 173 g/mol. The molecule has 0 fully saturated rings. The Morgan fingerprint density at radius 1 is 1.44 bits per heavy atom. The molecule has 0 unspecified atom stereocenters. The predicted octanol–water partition coefficient (Wildman–Crippen LogP) is 1.29. The number of thiocarbonyl (C=S) groups is 1. The van der Waals surface area contributed by atoms with Crippen LogP contribution in [0.25, 0.3) is 0 Å². The van der Waals surface area contributed by atoms with Crippen LogP contribution in [0.4, 0.5) is 0 Å². The van der Waals surface area contributed by atoms with Crippen LogP contribution in [-0.2, 0) is 0 Å². The summed E-state index contributed by atoms with van der Waals surface area (Å²) in [7, 11) is 0. The Hall–Kier alpha value is 1.40. The molecule has 0 aliphatic rings. The van der Waals surface area contributed by atoms with Crippen molar-refractivity contribution in [2.45, 2.75) is 13.8 Å².